The second-order valence-corrected chi connectivity index (χ2v) is 6.85. The van der Waals surface area contributed by atoms with Crippen LogP contribution in [-0.2, 0) is 11.3 Å². The Balaban J connectivity index is 1.44. The number of carbonyl (C=O) groups is 1. The van der Waals surface area contributed by atoms with E-state index in [9.17, 15) is 4.79 Å². The van der Waals surface area contributed by atoms with Crippen LogP contribution in [0.1, 0.15) is 18.4 Å². The Morgan fingerprint density at radius 1 is 1.27 bits per heavy atom. The minimum absolute atomic E-state index is 0.0598. The number of hydrogen-bond donors (Lipinski definition) is 0. The van der Waals surface area contributed by atoms with E-state index in [0.717, 1.165) is 32.5 Å². The SMILES string of the molecule is CN(C(=O)COc1cncc(Cl)n1)C1CCN(Cc2ccccc2)CC1. The molecule has 0 radical (unpaired) electrons. The molecule has 0 aliphatic carbocycles. The van der Waals surface area contributed by atoms with Gasteiger partial charge in [-0.2, -0.15) is 4.98 Å². The van der Waals surface area contributed by atoms with E-state index in [1.54, 1.807) is 4.90 Å². The molecular formula is C19H23ClN4O2. The van der Waals surface area contributed by atoms with E-state index in [2.05, 4.69) is 39.1 Å². The molecule has 3 rings (SSSR count). The van der Waals surface area contributed by atoms with E-state index in [-0.39, 0.29) is 29.6 Å². The Morgan fingerprint density at radius 3 is 2.69 bits per heavy atom. The molecule has 0 unspecified atom stereocenters. The highest BCUT2D eigenvalue weighted by atomic mass is 35.5. The standard InChI is InChI=1S/C19H23ClN4O2/c1-23(19(25)14-26-18-12-21-11-17(20)22-18)16-7-9-24(10-8-16)13-15-5-3-2-4-6-15/h2-6,11-12,16H,7-10,13-14H2,1H3. The molecule has 6 nitrogen and oxygen atoms in total. The van der Waals surface area contributed by atoms with Gasteiger partial charge < -0.3 is 9.64 Å². The molecule has 1 saturated heterocycles. The average molecular weight is 375 g/mol. The van der Waals surface area contributed by atoms with Crippen molar-refractivity contribution in [1.82, 2.24) is 19.8 Å². The van der Waals surface area contributed by atoms with Gasteiger partial charge in [-0.1, -0.05) is 41.9 Å². The Bertz CT molecular complexity index is 720. The molecule has 138 valence electrons. The van der Waals surface area contributed by atoms with Crippen molar-refractivity contribution in [3.63, 3.8) is 0 Å². The molecular weight excluding hydrogens is 352 g/mol. The third-order valence-electron chi connectivity index (χ3n) is 4.67. The predicted molar refractivity (Wildman–Crippen MR) is 100 cm³/mol. The summed E-state index contributed by atoms with van der Waals surface area (Å²) in [7, 11) is 1.84. The van der Waals surface area contributed by atoms with Crippen molar-refractivity contribution in [2.45, 2.75) is 25.4 Å². The van der Waals surface area contributed by atoms with Crippen LogP contribution >= 0.6 is 11.6 Å². The maximum Gasteiger partial charge on any atom is 0.260 e. The number of likely N-dealkylation sites (tertiary alicyclic amines) is 1. The highest BCUT2D eigenvalue weighted by molar-refractivity contribution is 6.29. The normalized spacial score (nSPS) is 15.6. The summed E-state index contributed by atoms with van der Waals surface area (Å²) in [6, 6.07) is 10.7. The number of piperidine rings is 1. The summed E-state index contributed by atoms with van der Waals surface area (Å²) in [6.07, 6.45) is 4.80. The first-order chi connectivity index (χ1) is 12.6. The topological polar surface area (TPSA) is 58.6 Å². The summed E-state index contributed by atoms with van der Waals surface area (Å²) >= 11 is 5.76. The molecule has 0 bridgehead atoms. The molecule has 0 spiro atoms. The molecule has 0 atom stereocenters. The van der Waals surface area contributed by atoms with Crippen LogP contribution in [0.5, 0.6) is 5.88 Å². The van der Waals surface area contributed by atoms with E-state index in [1.807, 2.05) is 13.1 Å². The number of amides is 1. The molecule has 1 aliphatic rings. The Labute approximate surface area is 158 Å². The molecule has 1 amide bonds. The first-order valence-corrected chi connectivity index (χ1v) is 9.12. The molecule has 2 aromatic rings. The number of carbonyl (C=O) groups excluding carboxylic acids is 1. The largest absolute Gasteiger partial charge is 0.466 e. The average Bonchev–Trinajstić information content (AvgIpc) is 2.67. The predicted octanol–water partition coefficient (Wildman–Crippen LogP) is 2.63. The van der Waals surface area contributed by atoms with Crippen LogP contribution in [0.25, 0.3) is 0 Å². The molecule has 2 heterocycles. The summed E-state index contributed by atoms with van der Waals surface area (Å²) in [5.74, 6) is 0.199. The van der Waals surface area contributed by atoms with Gasteiger partial charge in [-0.15, -0.1) is 0 Å². The summed E-state index contributed by atoms with van der Waals surface area (Å²) in [4.78, 5) is 24.5. The molecule has 26 heavy (non-hydrogen) atoms. The molecule has 7 heteroatoms. The lowest BCUT2D eigenvalue weighted by Gasteiger charge is -2.36. The number of likely N-dealkylation sites (N-methyl/N-ethyl adjacent to an activating group) is 1. The van der Waals surface area contributed by atoms with Gasteiger partial charge in [0.1, 0.15) is 0 Å². The van der Waals surface area contributed by atoms with E-state index in [4.69, 9.17) is 16.3 Å². The number of benzene rings is 1. The highest BCUT2D eigenvalue weighted by Crippen LogP contribution is 2.18. The number of hydrogen-bond acceptors (Lipinski definition) is 5. The van der Waals surface area contributed by atoms with Crippen LogP contribution in [0.2, 0.25) is 5.15 Å². The van der Waals surface area contributed by atoms with Crippen molar-refractivity contribution >= 4 is 17.5 Å². The van der Waals surface area contributed by atoms with Gasteiger partial charge in [0.15, 0.2) is 11.8 Å². The van der Waals surface area contributed by atoms with Gasteiger partial charge in [0.25, 0.3) is 5.91 Å². The van der Waals surface area contributed by atoms with E-state index in [0.29, 0.717) is 0 Å². The fourth-order valence-corrected chi connectivity index (χ4v) is 3.28. The first-order valence-electron chi connectivity index (χ1n) is 8.74. The monoisotopic (exact) mass is 374 g/mol. The van der Waals surface area contributed by atoms with Crippen molar-refractivity contribution < 1.29 is 9.53 Å². The lowest BCUT2D eigenvalue weighted by molar-refractivity contribution is -0.135. The lowest BCUT2D eigenvalue weighted by atomic mass is 10.0. The number of ether oxygens (including phenoxy) is 1. The third-order valence-corrected chi connectivity index (χ3v) is 4.86. The van der Waals surface area contributed by atoms with Crippen LogP contribution in [0.4, 0.5) is 0 Å². The van der Waals surface area contributed by atoms with Gasteiger partial charge in [-0.3, -0.25) is 14.7 Å². The highest BCUT2D eigenvalue weighted by Gasteiger charge is 2.25. The molecule has 0 saturated carbocycles. The Hall–Kier alpha value is -2.18. The number of halogens is 1. The van der Waals surface area contributed by atoms with Crippen LogP contribution in [0, 0.1) is 0 Å². The molecule has 0 N–H and O–H groups in total. The zero-order valence-electron chi connectivity index (χ0n) is 14.8. The molecule has 1 aromatic carbocycles. The number of aromatic nitrogens is 2. The molecule has 1 aromatic heterocycles. The van der Waals surface area contributed by atoms with E-state index < -0.39 is 0 Å². The number of rotatable bonds is 6. The van der Waals surface area contributed by atoms with Crippen LogP contribution in [-0.4, -0.2) is 58.5 Å². The second kappa shape index (κ2) is 8.96. The number of nitrogens with zero attached hydrogens (tertiary/aromatic N) is 4. The van der Waals surface area contributed by atoms with Crippen LogP contribution in [0.15, 0.2) is 42.7 Å². The lowest BCUT2D eigenvalue weighted by Crippen LogP contribution is -2.46. The van der Waals surface area contributed by atoms with Crippen molar-refractivity contribution in [1.29, 1.82) is 0 Å². The zero-order chi connectivity index (χ0) is 18.4. The Morgan fingerprint density at radius 2 is 2.00 bits per heavy atom. The van der Waals surface area contributed by atoms with Gasteiger partial charge >= 0.3 is 0 Å². The van der Waals surface area contributed by atoms with Gasteiger partial charge in [0.2, 0.25) is 5.88 Å². The molecule has 1 aliphatic heterocycles. The third kappa shape index (κ3) is 5.16. The summed E-state index contributed by atoms with van der Waals surface area (Å²) in [6.45, 7) is 2.87. The zero-order valence-corrected chi connectivity index (χ0v) is 15.6. The van der Waals surface area contributed by atoms with Gasteiger partial charge in [-0.25, -0.2) is 0 Å². The van der Waals surface area contributed by atoms with Crippen molar-refractivity contribution in [3.05, 3.63) is 53.4 Å². The maximum atomic E-state index is 12.4. The first kappa shape index (κ1) is 18.6. The van der Waals surface area contributed by atoms with Crippen LogP contribution in [0.3, 0.4) is 0 Å². The van der Waals surface area contributed by atoms with Crippen molar-refractivity contribution in [2.24, 2.45) is 0 Å². The molecule has 1 fully saturated rings. The Kier molecular flexibility index (Phi) is 6.41. The fourth-order valence-electron chi connectivity index (χ4n) is 3.14. The summed E-state index contributed by atoms with van der Waals surface area (Å²) < 4.78 is 5.40. The van der Waals surface area contributed by atoms with Crippen molar-refractivity contribution in [2.75, 3.05) is 26.7 Å². The maximum absolute atomic E-state index is 12.4. The van der Waals surface area contributed by atoms with Gasteiger partial charge in [-0.05, 0) is 18.4 Å². The second-order valence-electron chi connectivity index (χ2n) is 6.47. The van der Waals surface area contributed by atoms with Crippen LogP contribution < -0.4 is 4.74 Å². The van der Waals surface area contributed by atoms with E-state index in [1.165, 1.54) is 18.0 Å². The van der Waals surface area contributed by atoms with Gasteiger partial charge in [0.05, 0.1) is 12.4 Å². The van der Waals surface area contributed by atoms with Crippen molar-refractivity contribution in [3.8, 4) is 5.88 Å². The minimum atomic E-state index is -0.0618. The summed E-state index contributed by atoms with van der Waals surface area (Å²) in [5.41, 5.74) is 1.33. The quantitative estimate of drug-likeness (QED) is 0.778. The smallest absolute Gasteiger partial charge is 0.260 e. The minimum Gasteiger partial charge on any atom is -0.466 e. The van der Waals surface area contributed by atoms with E-state index >= 15 is 0 Å². The fraction of sp³-hybridized carbons (Fsp3) is 0.421. The summed E-state index contributed by atoms with van der Waals surface area (Å²) in [5, 5.41) is 0.245. The van der Waals surface area contributed by atoms with Gasteiger partial charge in [0, 0.05) is 32.7 Å².